The fraction of sp³-hybridized carbons (Fsp3) is 0.700. The predicted molar refractivity (Wildman–Crippen MR) is 61.6 cm³/mol. The molecule has 1 unspecified atom stereocenters. The largest absolute Gasteiger partial charge is 0.249 e. The van der Waals surface area contributed by atoms with E-state index in [0.717, 1.165) is 30.5 Å². The van der Waals surface area contributed by atoms with Gasteiger partial charge < -0.3 is 0 Å². The molecule has 0 N–H and O–H groups in total. The maximum Gasteiger partial charge on any atom is 0.152 e. The molecule has 0 saturated carbocycles. The van der Waals surface area contributed by atoms with E-state index in [4.69, 9.17) is 11.6 Å². The molecule has 1 fully saturated rings. The summed E-state index contributed by atoms with van der Waals surface area (Å²) < 4.78 is 24.6. The molecule has 16 heavy (non-hydrogen) atoms. The summed E-state index contributed by atoms with van der Waals surface area (Å²) in [5, 5.41) is 5.12. The minimum absolute atomic E-state index is 0.0527. The van der Waals surface area contributed by atoms with Crippen molar-refractivity contribution in [3.8, 4) is 0 Å². The molecule has 1 aliphatic heterocycles. The van der Waals surface area contributed by atoms with E-state index in [-0.39, 0.29) is 17.5 Å². The van der Waals surface area contributed by atoms with Crippen molar-refractivity contribution < 1.29 is 8.42 Å². The third kappa shape index (κ3) is 1.57. The zero-order valence-corrected chi connectivity index (χ0v) is 10.4. The van der Waals surface area contributed by atoms with Gasteiger partial charge in [-0.1, -0.05) is 11.6 Å². The first-order chi connectivity index (χ1) is 7.57. The Hall–Kier alpha value is -0.550. The zero-order valence-electron chi connectivity index (χ0n) is 8.82. The van der Waals surface area contributed by atoms with Crippen molar-refractivity contribution in [1.29, 1.82) is 0 Å². The lowest BCUT2D eigenvalue weighted by Crippen LogP contribution is -2.13. The molecular weight excluding hydrogens is 248 g/mol. The van der Waals surface area contributed by atoms with Crippen molar-refractivity contribution in [3.63, 3.8) is 0 Å². The number of halogens is 1. The first-order valence-electron chi connectivity index (χ1n) is 5.53. The zero-order chi connectivity index (χ0) is 11.3. The summed E-state index contributed by atoms with van der Waals surface area (Å²) in [5.41, 5.74) is 2.19. The Morgan fingerprint density at radius 3 is 2.81 bits per heavy atom. The van der Waals surface area contributed by atoms with Crippen molar-refractivity contribution >= 4 is 21.4 Å². The van der Waals surface area contributed by atoms with E-state index in [2.05, 4.69) is 5.10 Å². The van der Waals surface area contributed by atoms with Crippen LogP contribution in [0.1, 0.15) is 30.1 Å². The number of aromatic nitrogens is 2. The molecule has 1 saturated heterocycles. The van der Waals surface area contributed by atoms with Gasteiger partial charge in [0.1, 0.15) is 5.15 Å². The third-order valence-electron chi connectivity index (χ3n) is 3.42. The normalized spacial score (nSPS) is 27.2. The standard InChI is InChI=1S/C10H13ClN2O2S/c11-10-8-2-1-3-9(8)12-13(10)7-4-5-16(14,15)6-7/h7H,1-6H2. The molecule has 4 nitrogen and oxygen atoms in total. The highest BCUT2D eigenvalue weighted by atomic mass is 35.5. The van der Waals surface area contributed by atoms with Gasteiger partial charge in [-0.25, -0.2) is 13.1 Å². The molecule has 0 radical (unpaired) electrons. The number of nitrogens with zero attached hydrogens (tertiary/aromatic N) is 2. The van der Waals surface area contributed by atoms with Crippen LogP contribution in [0, 0.1) is 0 Å². The van der Waals surface area contributed by atoms with Gasteiger partial charge >= 0.3 is 0 Å². The number of fused-ring (bicyclic) bond motifs is 1. The number of sulfone groups is 1. The second-order valence-electron chi connectivity index (χ2n) is 4.57. The Labute approximate surface area is 99.5 Å². The van der Waals surface area contributed by atoms with Crippen LogP contribution in [0.15, 0.2) is 0 Å². The van der Waals surface area contributed by atoms with Gasteiger partial charge in [0.05, 0.1) is 23.2 Å². The first kappa shape index (κ1) is 10.6. The second kappa shape index (κ2) is 3.47. The fourth-order valence-electron chi connectivity index (χ4n) is 2.58. The average Bonchev–Trinajstić information content (AvgIpc) is 2.84. The number of aryl methyl sites for hydroxylation is 1. The highest BCUT2D eigenvalue weighted by molar-refractivity contribution is 7.91. The molecule has 0 amide bonds. The van der Waals surface area contributed by atoms with Crippen LogP contribution in [-0.4, -0.2) is 29.7 Å². The fourth-order valence-corrected chi connectivity index (χ4v) is 4.65. The van der Waals surface area contributed by atoms with Gasteiger partial charge in [0, 0.05) is 5.56 Å². The Bertz CT molecular complexity index is 535. The van der Waals surface area contributed by atoms with Gasteiger partial charge in [-0.15, -0.1) is 0 Å². The summed E-state index contributed by atoms with van der Waals surface area (Å²) >= 11 is 6.25. The second-order valence-corrected chi connectivity index (χ2v) is 7.16. The lowest BCUT2D eigenvalue weighted by Gasteiger charge is -2.10. The topological polar surface area (TPSA) is 52.0 Å². The Balaban J connectivity index is 1.97. The molecule has 88 valence electrons. The summed E-state index contributed by atoms with van der Waals surface area (Å²) in [6, 6.07) is -0.0527. The van der Waals surface area contributed by atoms with Gasteiger partial charge in [0.25, 0.3) is 0 Å². The van der Waals surface area contributed by atoms with Crippen LogP contribution in [0.2, 0.25) is 5.15 Å². The van der Waals surface area contributed by atoms with Crippen LogP contribution in [0.4, 0.5) is 0 Å². The quantitative estimate of drug-likeness (QED) is 0.767. The SMILES string of the molecule is O=S1(=O)CCC(n2nc3c(c2Cl)CCC3)C1. The molecule has 1 atom stereocenters. The van der Waals surface area contributed by atoms with E-state index in [9.17, 15) is 8.42 Å². The third-order valence-corrected chi connectivity index (χ3v) is 5.57. The monoisotopic (exact) mass is 260 g/mol. The summed E-state index contributed by atoms with van der Waals surface area (Å²) in [5.74, 6) is 0.450. The highest BCUT2D eigenvalue weighted by Crippen LogP contribution is 2.33. The minimum Gasteiger partial charge on any atom is -0.249 e. The van der Waals surface area contributed by atoms with E-state index in [1.165, 1.54) is 0 Å². The van der Waals surface area contributed by atoms with Gasteiger partial charge in [-0.3, -0.25) is 0 Å². The summed E-state index contributed by atoms with van der Waals surface area (Å²) in [4.78, 5) is 0. The van der Waals surface area contributed by atoms with Gasteiger partial charge in [0.15, 0.2) is 9.84 Å². The maximum absolute atomic E-state index is 11.4. The Kier molecular flexibility index (Phi) is 2.30. The van der Waals surface area contributed by atoms with Crippen LogP contribution in [0.25, 0.3) is 0 Å². The van der Waals surface area contributed by atoms with E-state index < -0.39 is 9.84 Å². The molecule has 2 heterocycles. The molecule has 1 aromatic heterocycles. The van der Waals surface area contributed by atoms with Crippen LogP contribution >= 0.6 is 11.6 Å². The molecular formula is C10H13ClN2O2S. The minimum atomic E-state index is -2.87. The van der Waals surface area contributed by atoms with Crippen molar-refractivity contribution in [1.82, 2.24) is 9.78 Å². The van der Waals surface area contributed by atoms with Crippen molar-refractivity contribution in [2.45, 2.75) is 31.7 Å². The first-order valence-corrected chi connectivity index (χ1v) is 7.73. The van der Waals surface area contributed by atoms with Gasteiger partial charge in [0.2, 0.25) is 0 Å². The molecule has 1 aliphatic carbocycles. The number of rotatable bonds is 1. The van der Waals surface area contributed by atoms with E-state index >= 15 is 0 Å². The van der Waals surface area contributed by atoms with Gasteiger partial charge in [-0.2, -0.15) is 5.10 Å². The molecule has 0 aromatic carbocycles. The molecule has 2 aliphatic rings. The molecule has 0 bridgehead atoms. The van der Waals surface area contributed by atoms with Crippen LogP contribution < -0.4 is 0 Å². The lowest BCUT2D eigenvalue weighted by atomic mass is 10.2. The predicted octanol–water partition coefficient (Wildman–Crippen LogP) is 1.38. The van der Waals surface area contributed by atoms with Crippen LogP contribution in [0.5, 0.6) is 0 Å². The summed E-state index contributed by atoms with van der Waals surface area (Å²) in [6.45, 7) is 0. The molecule has 0 spiro atoms. The number of hydrogen-bond donors (Lipinski definition) is 0. The van der Waals surface area contributed by atoms with Crippen molar-refractivity contribution in [3.05, 3.63) is 16.4 Å². The van der Waals surface area contributed by atoms with Crippen molar-refractivity contribution in [2.75, 3.05) is 11.5 Å². The van der Waals surface area contributed by atoms with E-state index in [0.29, 0.717) is 11.6 Å². The van der Waals surface area contributed by atoms with Crippen molar-refractivity contribution in [2.24, 2.45) is 0 Å². The smallest absolute Gasteiger partial charge is 0.152 e. The maximum atomic E-state index is 11.4. The van der Waals surface area contributed by atoms with Crippen LogP contribution in [-0.2, 0) is 22.7 Å². The Morgan fingerprint density at radius 2 is 2.19 bits per heavy atom. The molecule has 6 heteroatoms. The molecule has 3 rings (SSSR count). The van der Waals surface area contributed by atoms with E-state index in [1.54, 1.807) is 4.68 Å². The average molecular weight is 261 g/mol. The number of hydrogen-bond acceptors (Lipinski definition) is 3. The molecule has 1 aromatic rings. The van der Waals surface area contributed by atoms with E-state index in [1.807, 2.05) is 0 Å². The summed E-state index contributed by atoms with van der Waals surface area (Å²) in [7, 11) is -2.87. The summed E-state index contributed by atoms with van der Waals surface area (Å²) in [6.07, 6.45) is 3.71. The van der Waals surface area contributed by atoms with Crippen LogP contribution in [0.3, 0.4) is 0 Å². The lowest BCUT2D eigenvalue weighted by molar-refractivity contribution is 0.493. The Morgan fingerprint density at radius 1 is 1.38 bits per heavy atom. The highest BCUT2D eigenvalue weighted by Gasteiger charge is 2.33. The van der Waals surface area contributed by atoms with Gasteiger partial charge in [-0.05, 0) is 25.7 Å².